The number of benzene rings is 2. The molecule has 3 rings (SSSR count). The Bertz CT molecular complexity index is 720. The fraction of sp³-hybridized carbons (Fsp3) is 0.278. The maximum absolute atomic E-state index is 12.7. The van der Waals surface area contributed by atoms with Crippen LogP contribution in [0.1, 0.15) is 22.3 Å². The highest BCUT2D eigenvalue weighted by molar-refractivity contribution is 6.01. The van der Waals surface area contributed by atoms with Gasteiger partial charge in [-0.3, -0.25) is 4.79 Å². The fourth-order valence-corrected chi connectivity index (χ4v) is 2.81. The number of hydrogen-bond donors (Lipinski definition) is 2. The number of halogens is 3. The lowest BCUT2D eigenvalue weighted by molar-refractivity contribution is -0.137. The molecule has 2 N–H and O–H groups in total. The molecule has 0 spiro atoms. The average molecular weight is 334 g/mol. The van der Waals surface area contributed by atoms with Gasteiger partial charge in [-0.2, -0.15) is 13.2 Å². The number of alkyl halides is 3. The second-order valence-corrected chi connectivity index (χ2v) is 5.78. The Balaban J connectivity index is 1.87. The number of rotatable bonds is 3. The van der Waals surface area contributed by atoms with Crippen LogP contribution in [0, 0.1) is 0 Å². The molecule has 1 aliphatic heterocycles. The van der Waals surface area contributed by atoms with E-state index in [4.69, 9.17) is 0 Å². The largest absolute Gasteiger partial charge is 0.416 e. The first-order valence-electron chi connectivity index (χ1n) is 7.73. The summed E-state index contributed by atoms with van der Waals surface area (Å²) in [4.78, 5) is 12.5. The van der Waals surface area contributed by atoms with Gasteiger partial charge in [-0.25, -0.2) is 0 Å². The lowest BCUT2D eigenvalue weighted by atomic mass is 9.98. The van der Waals surface area contributed by atoms with Crippen LogP contribution in [-0.2, 0) is 6.18 Å². The Morgan fingerprint density at radius 1 is 1.08 bits per heavy atom. The van der Waals surface area contributed by atoms with Crippen molar-refractivity contribution in [3.63, 3.8) is 0 Å². The molecule has 1 atom stereocenters. The van der Waals surface area contributed by atoms with Crippen molar-refractivity contribution in [2.75, 3.05) is 13.1 Å². The van der Waals surface area contributed by atoms with E-state index in [2.05, 4.69) is 10.6 Å². The quantitative estimate of drug-likeness (QED) is 0.902. The monoisotopic (exact) mass is 334 g/mol. The Labute approximate surface area is 137 Å². The number of nitrogens with one attached hydrogen (secondary N) is 2. The highest BCUT2D eigenvalue weighted by Gasteiger charge is 2.30. The molecule has 2 aromatic rings. The van der Waals surface area contributed by atoms with E-state index < -0.39 is 11.7 Å². The summed E-state index contributed by atoms with van der Waals surface area (Å²) in [5.74, 6) is -0.209. The van der Waals surface area contributed by atoms with E-state index in [0.717, 1.165) is 31.6 Å². The topological polar surface area (TPSA) is 41.1 Å². The van der Waals surface area contributed by atoms with Crippen molar-refractivity contribution in [1.29, 1.82) is 0 Å². The van der Waals surface area contributed by atoms with E-state index in [0.29, 0.717) is 16.7 Å². The van der Waals surface area contributed by atoms with Crippen molar-refractivity contribution in [1.82, 2.24) is 10.6 Å². The number of hydrogen-bond acceptors (Lipinski definition) is 2. The third-order valence-corrected chi connectivity index (χ3v) is 4.09. The predicted molar refractivity (Wildman–Crippen MR) is 85.6 cm³/mol. The molecule has 2 aromatic carbocycles. The van der Waals surface area contributed by atoms with Gasteiger partial charge < -0.3 is 10.6 Å². The Hall–Kier alpha value is -2.34. The molecule has 1 unspecified atom stereocenters. The summed E-state index contributed by atoms with van der Waals surface area (Å²) in [7, 11) is 0. The van der Waals surface area contributed by atoms with Gasteiger partial charge in [0.1, 0.15) is 0 Å². The molecular weight excluding hydrogens is 317 g/mol. The van der Waals surface area contributed by atoms with Crippen LogP contribution >= 0.6 is 0 Å². The molecule has 126 valence electrons. The Morgan fingerprint density at radius 2 is 1.79 bits per heavy atom. The molecule has 0 saturated carbocycles. The fourth-order valence-electron chi connectivity index (χ4n) is 2.81. The maximum Gasteiger partial charge on any atom is 0.416 e. The first kappa shape index (κ1) is 16.5. The number of amides is 1. The molecule has 0 aromatic heterocycles. The molecular formula is C18H17F3N2O. The summed E-state index contributed by atoms with van der Waals surface area (Å²) in [6.45, 7) is 1.60. The Kier molecular flexibility index (Phi) is 4.57. The molecule has 3 nitrogen and oxygen atoms in total. The van der Waals surface area contributed by atoms with Crippen molar-refractivity contribution in [3.05, 3.63) is 59.7 Å². The van der Waals surface area contributed by atoms with Crippen LogP contribution in [0.15, 0.2) is 48.5 Å². The summed E-state index contributed by atoms with van der Waals surface area (Å²) in [6.07, 6.45) is -3.50. The van der Waals surface area contributed by atoms with Crippen LogP contribution in [0.3, 0.4) is 0 Å². The van der Waals surface area contributed by atoms with E-state index in [1.54, 1.807) is 24.3 Å². The minimum atomic E-state index is -4.37. The predicted octanol–water partition coefficient (Wildman–Crippen LogP) is 3.46. The van der Waals surface area contributed by atoms with E-state index in [1.165, 1.54) is 12.1 Å². The van der Waals surface area contributed by atoms with Gasteiger partial charge in [0.2, 0.25) is 0 Å². The Morgan fingerprint density at radius 3 is 2.42 bits per heavy atom. The SMILES string of the molecule is O=C(NC1CCNC1)c1ccccc1-c1ccc(C(F)(F)F)cc1. The number of carbonyl (C=O) groups is 1. The standard InChI is InChI=1S/C18H17F3N2O/c19-18(20,21)13-7-5-12(6-8-13)15-3-1-2-4-16(15)17(24)23-14-9-10-22-11-14/h1-8,14,22H,9-11H2,(H,23,24). The molecule has 0 aliphatic carbocycles. The van der Waals surface area contributed by atoms with Crippen molar-refractivity contribution in [2.45, 2.75) is 18.6 Å². The summed E-state index contributed by atoms with van der Waals surface area (Å²) >= 11 is 0. The highest BCUT2D eigenvalue weighted by Crippen LogP contribution is 2.31. The van der Waals surface area contributed by atoms with Crippen molar-refractivity contribution >= 4 is 5.91 Å². The van der Waals surface area contributed by atoms with Crippen molar-refractivity contribution in [3.8, 4) is 11.1 Å². The first-order chi connectivity index (χ1) is 11.4. The van der Waals surface area contributed by atoms with Gasteiger partial charge in [0.15, 0.2) is 0 Å². The normalized spacial score (nSPS) is 17.7. The van der Waals surface area contributed by atoms with Crippen LogP contribution in [-0.4, -0.2) is 25.0 Å². The summed E-state index contributed by atoms with van der Waals surface area (Å²) in [6, 6.07) is 11.9. The van der Waals surface area contributed by atoms with Crippen LogP contribution in [0.25, 0.3) is 11.1 Å². The van der Waals surface area contributed by atoms with Crippen LogP contribution in [0.2, 0.25) is 0 Å². The molecule has 1 fully saturated rings. The van der Waals surface area contributed by atoms with Gasteiger partial charge in [-0.1, -0.05) is 30.3 Å². The minimum absolute atomic E-state index is 0.0816. The van der Waals surface area contributed by atoms with E-state index in [1.807, 2.05) is 0 Å². The van der Waals surface area contributed by atoms with Gasteiger partial charge in [0.05, 0.1) is 5.56 Å². The molecule has 1 heterocycles. The van der Waals surface area contributed by atoms with Gasteiger partial charge in [0, 0.05) is 18.2 Å². The van der Waals surface area contributed by atoms with E-state index in [9.17, 15) is 18.0 Å². The van der Waals surface area contributed by atoms with Gasteiger partial charge in [-0.05, 0) is 42.3 Å². The molecule has 1 saturated heterocycles. The zero-order valence-corrected chi connectivity index (χ0v) is 12.9. The molecule has 6 heteroatoms. The maximum atomic E-state index is 12.7. The van der Waals surface area contributed by atoms with Crippen molar-refractivity contribution < 1.29 is 18.0 Å². The second kappa shape index (κ2) is 6.65. The zero-order chi connectivity index (χ0) is 17.2. The molecule has 24 heavy (non-hydrogen) atoms. The number of carbonyl (C=O) groups excluding carboxylic acids is 1. The summed E-state index contributed by atoms with van der Waals surface area (Å²) in [5.41, 5.74) is 0.961. The lowest BCUT2D eigenvalue weighted by Crippen LogP contribution is -2.36. The third-order valence-electron chi connectivity index (χ3n) is 4.09. The lowest BCUT2D eigenvalue weighted by Gasteiger charge is -2.14. The van der Waals surface area contributed by atoms with Gasteiger partial charge in [0.25, 0.3) is 5.91 Å². The summed E-state index contributed by atoms with van der Waals surface area (Å²) in [5, 5.41) is 6.13. The van der Waals surface area contributed by atoms with Crippen molar-refractivity contribution in [2.24, 2.45) is 0 Å². The van der Waals surface area contributed by atoms with Gasteiger partial charge in [-0.15, -0.1) is 0 Å². The van der Waals surface area contributed by atoms with Crippen LogP contribution < -0.4 is 10.6 Å². The van der Waals surface area contributed by atoms with E-state index >= 15 is 0 Å². The van der Waals surface area contributed by atoms with Crippen LogP contribution in [0.4, 0.5) is 13.2 Å². The molecule has 1 amide bonds. The third kappa shape index (κ3) is 3.59. The second-order valence-electron chi connectivity index (χ2n) is 5.78. The van der Waals surface area contributed by atoms with Crippen LogP contribution in [0.5, 0.6) is 0 Å². The minimum Gasteiger partial charge on any atom is -0.348 e. The summed E-state index contributed by atoms with van der Waals surface area (Å²) < 4.78 is 38.1. The van der Waals surface area contributed by atoms with E-state index in [-0.39, 0.29) is 11.9 Å². The average Bonchev–Trinajstić information content (AvgIpc) is 3.07. The molecule has 1 aliphatic rings. The molecule has 0 radical (unpaired) electrons. The van der Waals surface area contributed by atoms with Gasteiger partial charge >= 0.3 is 6.18 Å². The molecule has 0 bridgehead atoms. The first-order valence-corrected chi connectivity index (χ1v) is 7.73. The highest BCUT2D eigenvalue weighted by atomic mass is 19.4. The zero-order valence-electron chi connectivity index (χ0n) is 12.9. The smallest absolute Gasteiger partial charge is 0.348 e.